The van der Waals surface area contributed by atoms with Crippen LogP contribution < -0.4 is 15.5 Å². The lowest BCUT2D eigenvalue weighted by atomic mass is 9.79. The first-order valence-corrected chi connectivity index (χ1v) is 9.48. The lowest BCUT2D eigenvalue weighted by molar-refractivity contribution is -0.127. The van der Waals surface area contributed by atoms with Gasteiger partial charge in [-0.05, 0) is 50.6 Å². The van der Waals surface area contributed by atoms with Crippen LogP contribution in [0.4, 0.5) is 10.1 Å². The van der Waals surface area contributed by atoms with Crippen molar-refractivity contribution in [2.45, 2.75) is 26.2 Å². The molecule has 0 spiro atoms. The first kappa shape index (κ1) is 19.8. The van der Waals surface area contributed by atoms with E-state index in [4.69, 9.17) is 4.74 Å². The van der Waals surface area contributed by atoms with Crippen LogP contribution in [0.3, 0.4) is 0 Å². The molecule has 1 aromatic carbocycles. The number of hydrogen-bond donors (Lipinski definition) is 2. The second kappa shape index (κ2) is 8.35. The van der Waals surface area contributed by atoms with Gasteiger partial charge in [-0.1, -0.05) is 6.07 Å². The minimum atomic E-state index is -0.459. The molecule has 2 heterocycles. The largest absolute Gasteiger partial charge is 0.384 e. The van der Waals surface area contributed by atoms with E-state index in [9.17, 15) is 14.0 Å². The third-order valence-corrected chi connectivity index (χ3v) is 5.64. The summed E-state index contributed by atoms with van der Waals surface area (Å²) in [7, 11) is 1.68. The van der Waals surface area contributed by atoms with E-state index in [1.54, 1.807) is 26.2 Å². The molecule has 1 aromatic rings. The molecule has 148 valence electrons. The predicted molar refractivity (Wildman–Crippen MR) is 101 cm³/mol. The fraction of sp³-hybridized carbons (Fsp3) is 0.600. The van der Waals surface area contributed by atoms with Crippen molar-refractivity contribution in [2.75, 3.05) is 44.8 Å². The number of rotatable bonds is 6. The Bertz CT molecular complexity index is 698. The smallest absolute Gasteiger partial charge is 0.227 e. The van der Waals surface area contributed by atoms with Gasteiger partial charge in [-0.2, -0.15) is 0 Å². The Morgan fingerprint density at radius 3 is 2.81 bits per heavy atom. The summed E-state index contributed by atoms with van der Waals surface area (Å²) in [5.74, 6) is -1.25. The maximum absolute atomic E-state index is 14.2. The van der Waals surface area contributed by atoms with E-state index < -0.39 is 11.7 Å². The molecule has 1 unspecified atom stereocenters. The molecular weight excluding hydrogens is 349 g/mol. The zero-order valence-electron chi connectivity index (χ0n) is 16.0. The molecule has 0 bridgehead atoms. The summed E-state index contributed by atoms with van der Waals surface area (Å²) in [6, 6.07) is 4.78. The Balaban J connectivity index is 1.61. The Hall–Kier alpha value is -1.99. The number of halogens is 1. The van der Waals surface area contributed by atoms with Gasteiger partial charge in [-0.15, -0.1) is 0 Å². The first-order valence-electron chi connectivity index (χ1n) is 9.48. The minimum absolute atomic E-state index is 0.0684. The van der Waals surface area contributed by atoms with E-state index in [-0.39, 0.29) is 35.9 Å². The van der Waals surface area contributed by atoms with E-state index in [1.165, 1.54) is 11.0 Å². The summed E-state index contributed by atoms with van der Waals surface area (Å²) in [6.07, 6.45) is 1.98. The summed E-state index contributed by atoms with van der Waals surface area (Å²) in [4.78, 5) is 26.4. The van der Waals surface area contributed by atoms with Gasteiger partial charge in [0.05, 0.1) is 18.2 Å². The summed E-state index contributed by atoms with van der Waals surface area (Å²) in [5, 5.41) is 6.34. The lowest BCUT2D eigenvalue weighted by Crippen LogP contribution is -2.48. The van der Waals surface area contributed by atoms with E-state index >= 15 is 0 Å². The maximum atomic E-state index is 14.2. The number of ether oxygens (including phenoxy) is 1. The highest BCUT2D eigenvalue weighted by Gasteiger charge is 2.38. The SMILES string of the molecule is COCC1(CNC(=O)C2CC(=O)N(c3ccc(C)cc3F)C2)CCNCC1. The molecule has 1 atom stereocenters. The zero-order valence-corrected chi connectivity index (χ0v) is 16.0. The van der Waals surface area contributed by atoms with Gasteiger partial charge >= 0.3 is 0 Å². The molecular formula is C20H28FN3O3. The Kier molecular flexibility index (Phi) is 6.11. The van der Waals surface area contributed by atoms with Crippen molar-refractivity contribution < 1.29 is 18.7 Å². The molecule has 2 amide bonds. The predicted octanol–water partition coefficient (Wildman–Crippen LogP) is 1.62. The van der Waals surface area contributed by atoms with E-state index in [0.29, 0.717) is 13.2 Å². The monoisotopic (exact) mass is 377 g/mol. The molecule has 2 aliphatic rings. The molecule has 0 radical (unpaired) electrons. The fourth-order valence-electron chi connectivity index (χ4n) is 4.00. The van der Waals surface area contributed by atoms with Crippen LogP contribution in [-0.2, 0) is 14.3 Å². The highest BCUT2D eigenvalue weighted by atomic mass is 19.1. The van der Waals surface area contributed by atoms with Gasteiger partial charge in [0, 0.05) is 32.0 Å². The molecule has 0 aliphatic carbocycles. The number of hydrogen-bond acceptors (Lipinski definition) is 4. The van der Waals surface area contributed by atoms with Gasteiger partial charge in [0.25, 0.3) is 0 Å². The molecule has 0 aromatic heterocycles. The van der Waals surface area contributed by atoms with Crippen molar-refractivity contribution in [1.82, 2.24) is 10.6 Å². The second-order valence-corrected chi connectivity index (χ2v) is 7.76. The number of anilines is 1. The van der Waals surface area contributed by atoms with Crippen LogP contribution in [-0.4, -0.2) is 51.7 Å². The van der Waals surface area contributed by atoms with Crippen molar-refractivity contribution in [3.8, 4) is 0 Å². The van der Waals surface area contributed by atoms with Crippen LogP contribution >= 0.6 is 0 Å². The summed E-state index contributed by atoms with van der Waals surface area (Å²) in [5.41, 5.74) is 0.971. The molecule has 2 aliphatic heterocycles. The van der Waals surface area contributed by atoms with Crippen LogP contribution in [0.25, 0.3) is 0 Å². The van der Waals surface area contributed by atoms with Crippen LogP contribution in [0.5, 0.6) is 0 Å². The van der Waals surface area contributed by atoms with Gasteiger partial charge in [0.1, 0.15) is 5.82 Å². The van der Waals surface area contributed by atoms with Crippen LogP contribution in [0.2, 0.25) is 0 Å². The summed E-state index contributed by atoms with van der Waals surface area (Å²) < 4.78 is 19.6. The highest BCUT2D eigenvalue weighted by molar-refractivity contribution is 6.00. The number of nitrogens with one attached hydrogen (secondary N) is 2. The maximum Gasteiger partial charge on any atom is 0.227 e. The lowest BCUT2D eigenvalue weighted by Gasteiger charge is -2.37. The van der Waals surface area contributed by atoms with E-state index in [2.05, 4.69) is 10.6 Å². The van der Waals surface area contributed by atoms with Crippen molar-refractivity contribution in [2.24, 2.45) is 11.3 Å². The van der Waals surface area contributed by atoms with Gasteiger partial charge in [0.15, 0.2) is 0 Å². The van der Waals surface area contributed by atoms with Crippen LogP contribution in [0, 0.1) is 24.1 Å². The van der Waals surface area contributed by atoms with Gasteiger partial charge < -0.3 is 20.3 Å². The second-order valence-electron chi connectivity index (χ2n) is 7.76. The average molecular weight is 377 g/mol. The molecule has 2 N–H and O–H groups in total. The number of methoxy groups -OCH3 is 1. The van der Waals surface area contributed by atoms with E-state index in [1.807, 2.05) is 0 Å². The fourth-order valence-corrected chi connectivity index (χ4v) is 4.00. The zero-order chi connectivity index (χ0) is 19.4. The Morgan fingerprint density at radius 2 is 2.15 bits per heavy atom. The summed E-state index contributed by atoms with van der Waals surface area (Å²) in [6.45, 7) is 4.95. The van der Waals surface area contributed by atoms with Crippen molar-refractivity contribution >= 4 is 17.5 Å². The number of carbonyl (C=O) groups is 2. The minimum Gasteiger partial charge on any atom is -0.384 e. The number of amides is 2. The van der Waals surface area contributed by atoms with Gasteiger partial charge in [-0.25, -0.2) is 4.39 Å². The third-order valence-electron chi connectivity index (χ3n) is 5.64. The average Bonchev–Trinajstić information content (AvgIpc) is 3.02. The highest BCUT2D eigenvalue weighted by Crippen LogP contribution is 2.30. The molecule has 27 heavy (non-hydrogen) atoms. The molecule has 2 fully saturated rings. The molecule has 3 rings (SSSR count). The molecule has 0 saturated carbocycles. The normalized spacial score (nSPS) is 22.1. The molecule has 7 heteroatoms. The van der Waals surface area contributed by atoms with Crippen molar-refractivity contribution in [1.29, 1.82) is 0 Å². The quantitative estimate of drug-likeness (QED) is 0.790. The Labute approximate surface area is 159 Å². The number of nitrogens with zero attached hydrogens (tertiary/aromatic N) is 1. The number of benzene rings is 1. The van der Waals surface area contributed by atoms with Crippen molar-refractivity contribution in [3.05, 3.63) is 29.6 Å². The third kappa shape index (κ3) is 4.47. The number of carbonyl (C=O) groups excluding carboxylic acids is 2. The standard InChI is InChI=1S/C20H28FN3O3/c1-14-3-4-17(16(21)9-14)24-11-15(10-18(24)25)19(26)23-12-20(13-27-2)5-7-22-8-6-20/h3-4,9,15,22H,5-8,10-13H2,1-2H3,(H,23,26). The van der Waals surface area contributed by atoms with Crippen LogP contribution in [0.15, 0.2) is 18.2 Å². The Morgan fingerprint density at radius 1 is 1.41 bits per heavy atom. The summed E-state index contributed by atoms with van der Waals surface area (Å²) >= 11 is 0. The topological polar surface area (TPSA) is 70.7 Å². The van der Waals surface area contributed by atoms with Gasteiger partial charge in [0.2, 0.25) is 11.8 Å². The molecule has 6 nitrogen and oxygen atoms in total. The number of aryl methyl sites for hydroxylation is 1. The van der Waals surface area contributed by atoms with Gasteiger partial charge in [-0.3, -0.25) is 9.59 Å². The first-order chi connectivity index (χ1) is 12.9. The number of piperidine rings is 1. The molecule has 2 saturated heterocycles. The van der Waals surface area contributed by atoms with Crippen LogP contribution in [0.1, 0.15) is 24.8 Å². The van der Waals surface area contributed by atoms with E-state index in [0.717, 1.165) is 31.5 Å². The van der Waals surface area contributed by atoms with Crippen molar-refractivity contribution in [3.63, 3.8) is 0 Å².